The molecular formula is C9H18N2O2. The Kier molecular flexibility index (Phi) is 6.18. The minimum Gasteiger partial charge on any atom is -0.395 e. The lowest BCUT2D eigenvalue weighted by atomic mass is 10.2. The van der Waals surface area contributed by atoms with Gasteiger partial charge in [-0.1, -0.05) is 13.0 Å². The predicted octanol–water partition coefficient (Wildman–Crippen LogP) is -0.269. The monoisotopic (exact) mass is 186 g/mol. The summed E-state index contributed by atoms with van der Waals surface area (Å²) < 4.78 is 0. The molecule has 4 nitrogen and oxygen atoms in total. The van der Waals surface area contributed by atoms with Crippen LogP contribution in [0, 0.1) is 0 Å². The molecule has 13 heavy (non-hydrogen) atoms. The van der Waals surface area contributed by atoms with Gasteiger partial charge in [0, 0.05) is 13.1 Å². The first-order chi connectivity index (χ1) is 6.17. The van der Waals surface area contributed by atoms with Crippen molar-refractivity contribution < 1.29 is 9.90 Å². The molecule has 0 saturated carbocycles. The highest BCUT2D eigenvalue weighted by molar-refractivity contribution is 5.81. The largest absolute Gasteiger partial charge is 0.395 e. The zero-order chi connectivity index (χ0) is 10.3. The summed E-state index contributed by atoms with van der Waals surface area (Å²) in [4.78, 5) is 13.0. The molecule has 0 aliphatic carbocycles. The van der Waals surface area contributed by atoms with Gasteiger partial charge < -0.3 is 15.7 Å². The van der Waals surface area contributed by atoms with Crippen molar-refractivity contribution in [3.05, 3.63) is 12.7 Å². The van der Waals surface area contributed by atoms with Crippen LogP contribution in [0.5, 0.6) is 0 Å². The van der Waals surface area contributed by atoms with E-state index in [9.17, 15) is 4.79 Å². The molecule has 3 N–H and O–H groups in total. The van der Waals surface area contributed by atoms with Crippen molar-refractivity contribution in [1.82, 2.24) is 4.90 Å². The Labute approximate surface area is 79.0 Å². The first-order valence-corrected chi connectivity index (χ1v) is 4.43. The van der Waals surface area contributed by atoms with Crippen LogP contribution in [-0.4, -0.2) is 41.7 Å². The van der Waals surface area contributed by atoms with E-state index in [0.29, 0.717) is 19.5 Å². The Morgan fingerprint density at radius 3 is 2.77 bits per heavy atom. The molecule has 0 fully saturated rings. The summed E-state index contributed by atoms with van der Waals surface area (Å²) in [5, 5.41) is 8.70. The molecule has 0 bridgehead atoms. The van der Waals surface area contributed by atoms with E-state index in [1.54, 1.807) is 6.08 Å². The highest BCUT2D eigenvalue weighted by Crippen LogP contribution is 1.96. The third kappa shape index (κ3) is 4.05. The number of aliphatic hydroxyl groups excluding tert-OH is 1. The van der Waals surface area contributed by atoms with E-state index in [1.165, 1.54) is 4.90 Å². The molecule has 0 saturated heterocycles. The van der Waals surface area contributed by atoms with Gasteiger partial charge >= 0.3 is 0 Å². The van der Waals surface area contributed by atoms with Gasteiger partial charge in [-0.25, -0.2) is 0 Å². The number of amides is 1. The molecule has 0 aliphatic heterocycles. The van der Waals surface area contributed by atoms with Gasteiger partial charge in [-0.05, 0) is 6.42 Å². The van der Waals surface area contributed by atoms with Gasteiger partial charge in [0.25, 0.3) is 0 Å². The summed E-state index contributed by atoms with van der Waals surface area (Å²) in [7, 11) is 0. The zero-order valence-corrected chi connectivity index (χ0v) is 8.07. The first kappa shape index (κ1) is 12.1. The molecule has 0 radical (unpaired) electrons. The fourth-order valence-electron chi connectivity index (χ4n) is 0.977. The Morgan fingerprint density at radius 1 is 1.77 bits per heavy atom. The zero-order valence-electron chi connectivity index (χ0n) is 8.07. The summed E-state index contributed by atoms with van der Waals surface area (Å²) in [5.74, 6) is -0.128. The second kappa shape index (κ2) is 6.62. The molecule has 1 amide bonds. The number of nitrogens with two attached hydrogens (primary N) is 1. The molecule has 0 rings (SSSR count). The fraction of sp³-hybridized carbons (Fsp3) is 0.667. The highest BCUT2D eigenvalue weighted by atomic mass is 16.3. The Morgan fingerprint density at radius 2 is 2.38 bits per heavy atom. The Balaban J connectivity index is 4.17. The average Bonchev–Trinajstić information content (AvgIpc) is 2.15. The second-order valence-corrected chi connectivity index (χ2v) is 2.81. The lowest BCUT2D eigenvalue weighted by Crippen LogP contribution is -2.44. The summed E-state index contributed by atoms with van der Waals surface area (Å²) in [6, 6.07) is -0.466. The quantitative estimate of drug-likeness (QED) is 0.561. The van der Waals surface area contributed by atoms with Crippen LogP contribution < -0.4 is 5.73 Å². The van der Waals surface area contributed by atoms with Gasteiger partial charge in [0.1, 0.15) is 0 Å². The van der Waals surface area contributed by atoms with Crippen LogP contribution in [0.25, 0.3) is 0 Å². The van der Waals surface area contributed by atoms with Gasteiger partial charge in [0.15, 0.2) is 0 Å². The molecule has 1 unspecified atom stereocenters. The lowest BCUT2D eigenvalue weighted by Gasteiger charge is -2.22. The third-order valence-electron chi connectivity index (χ3n) is 1.79. The topological polar surface area (TPSA) is 66.6 Å². The molecule has 76 valence electrons. The molecule has 0 aromatic carbocycles. The van der Waals surface area contributed by atoms with Crippen LogP contribution in [-0.2, 0) is 4.79 Å². The molecule has 0 spiro atoms. The minimum absolute atomic E-state index is 0.0456. The normalized spacial score (nSPS) is 12.2. The van der Waals surface area contributed by atoms with Gasteiger partial charge in [-0.3, -0.25) is 4.79 Å². The first-order valence-electron chi connectivity index (χ1n) is 4.43. The molecule has 0 heterocycles. The Bertz CT molecular complexity index is 171. The standard InChI is InChI=1S/C9H18N2O2/c1-3-5-11(6-7-12)9(13)8(10)4-2/h3,8,12H,1,4-7,10H2,2H3. The van der Waals surface area contributed by atoms with Crippen LogP contribution in [0.4, 0.5) is 0 Å². The lowest BCUT2D eigenvalue weighted by molar-refractivity contribution is -0.132. The van der Waals surface area contributed by atoms with E-state index >= 15 is 0 Å². The smallest absolute Gasteiger partial charge is 0.239 e. The van der Waals surface area contributed by atoms with E-state index in [0.717, 1.165) is 0 Å². The Hall–Kier alpha value is -0.870. The number of hydrogen-bond donors (Lipinski definition) is 2. The van der Waals surface area contributed by atoms with E-state index in [4.69, 9.17) is 10.8 Å². The van der Waals surface area contributed by atoms with Gasteiger partial charge in [-0.15, -0.1) is 6.58 Å². The number of hydrogen-bond acceptors (Lipinski definition) is 3. The van der Waals surface area contributed by atoms with Gasteiger partial charge in [-0.2, -0.15) is 0 Å². The number of rotatable bonds is 6. The predicted molar refractivity (Wildman–Crippen MR) is 52.1 cm³/mol. The van der Waals surface area contributed by atoms with Crippen molar-refractivity contribution in [2.75, 3.05) is 19.7 Å². The maximum Gasteiger partial charge on any atom is 0.239 e. The van der Waals surface area contributed by atoms with Crippen molar-refractivity contribution in [3.8, 4) is 0 Å². The maximum atomic E-state index is 11.5. The summed E-state index contributed by atoms with van der Waals surface area (Å²) in [5.41, 5.74) is 5.57. The fourth-order valence-corrected chi connectivity index (χ4v) is 0.977. The van der Waals surface area contributed by atoms with Crippen molar-refractivity contribution >= 4 is 5.91 Å². The third-order valence-corrected chi connectivity index (χ3v) is 1.79. The summed E-state index contributed by atoms with van der Waals surface area (Å²) in [6.07, 6.45) is 2.23. The highest BCUT2D eigenvalue weighted by Gasteiger charge is 2.17. The van der Waals surface area contributed by atoms with Crippen LogP contribution in [0.15, 0.2) is 12.7 Å². The molecule has 1 atom stereocenters. The number of carbonyl (C=O) groups is 1. The number of aliphatic hydroxyl groups is 1. The molecule has 0 aliphatic rings. The summed E-state index contributed by atoms with van der Waals surface area (Å²) >= 11 is 0. The van der Waals surface area contributed by atoms with Crippen molar-refractivity contribution in [1.29, 1.82) is 0 Å². The second-order valence-electron chi connectivity index (χ2n) is 2.81. The molecule has 4 heteroatoms. The van der Waals surface area contributed by atoms with Crippen LogP contribution in [0.3, 0.4) is 0 Å². The average molecular weight is 186 g/mol. The van der Waals surface area contributed by atoms with Crippen molar-refractivity contribution in [3.63, 3.8) is 0 Å². The minimum atomic E-state index is -0.466. The van der Waals surface area contributed by atoms with E-state index in [2.05, 4.69) is 6.58 Å². The van der Waals surface area contributed by atoms with E-state index in [-0.39, 0.29) is 12.5 Å². The summed E-state index contributed by atoms with van der Waals surface area (Å²) in [6.45, 7) is 6.10. The SMILES string of the molecule is C=CCN(CCO)C(=O)C(N)CC. The van der Waals surface area contributed by atoms with E-state index in [1.807, 2.05) is 6.92 Å². The van der Waals surface area contributed by atoms with Crippen LogP contribution in [0.1, 0.15) is 13.3 Å². The van der Waals surface area contributed by atoms with Gasteiger partial charge in [0.2, 0.25) is 5.91 Å². The van der Waals surface area contributed by atoms with E-state index < -0.39 is 6.04 Å². The van der Waals surface area contributed by atoms with Crippen LogP contribution in [0.2, 0.25) is 0 Å². The molecular weight excluding hydrogens is 168 g/mol. The molecule has 0 aromatic rings. The maximum absolute atomic E-state index is 11.5. The van der Waals surface area contributed by atoms with Crippen molar-refractivity contribution in [2.45, 2.75) is 19.4 Å². The number of nitrogens with zero attached hydrogens (tertiary/aromatic N) is 1. The van der Waals surface area contributed by atoms with Crippen LogP contribution >= 0.6 is 0 Å². The van der Waals surface area contributed by atoms with Crippen molar-refractivity contribution in [2.24, 2.45) is 5.73 Å². The molecule has 0 aromatic heterocycles. The number of carbonyl (C=O) groups excluding carboxylic acids is 1. The van der Waals surface area contributed by atoms with Gasteiger partial charge in [0.05, 0.1) is 12.6 Å².